The Morgan fingerprint density at radius 3 is 2.70 bits per heavy atom. The normalized spacial score (nSPS) is 15.2. The van der Waals surface area contributed by atoms with E-state index >= 15 is 0 Å². The van der Waals surface area contributed by atoms with Gasteiger partial charge in [0, 0.05) is 41.0 Å². The van der Waals surface area contributed by atoms with Gasteiger partial charge in [0.15, 0.2) is 0 Å². The minimum Gasteiger partial charge on any atom is -0.397 e. The van der Waals surface area contributed by atoms with E-state index in [1.807, 2.05) is 13.0 Å². The second-order valence-corrected chi connectivity index (χ2v) is 8.17. The average Bonchev–Trinajstić information content (AvgIpc) is 3.12. The van der Waals surface area contributed by atoms with Crippen LogP contribution in [0.2, 0.25) is 0 Å². The topological polar surface area (TPSA) is 63.7 Å². The second kappa shape index (κ2) is 12.5. The lowest BCUT2D eigenvalue weighted by Crippen LogP contribution is -2.20. The van der Waals surface area contributed by atoms with Crippen LogP contribution in [0.15, 0.2) is 52.0 Å². The average molecular weight is 473 g/mol. The van der Waals surface area contributed by atoms with Crippen LogP contribution in [0.5, 0.6) is 0 Å². The van der Waals surface area contributed by atoms with E-state index in [2.05, 4.69) is 87.7 Å². The van der Waals surface area contributed by atoms with Gasteiger partial charge in [-0.2, -0.15) is 0 Å². The van der Waals surface area contributed by atoms with Gasteiger partial charge in [-0.3, -0.25) is 4.99 Å². The first kappa shape index (κ1) is 24.1. The molecule has 3 N–H and O–H groups in total. The molecular weight excluding hydrogens is 440 g/mol. The number of aliphatic imine (C=N–C) groups is 1. The molecule has 0 bridgehead atoms. The summed E-state index contributed by atoms with van der Waals surface area (Å²) in [4.78, 5) is 10.5. The number of nitrogens with one attached hydrogen (secondary N) is 2. The number of benzene rings is 1. The largest absolute Gasteiger partial charge is 0.397 e. The van der Waals surface area contributed by atoms with Gasteiger partial charge in [0.05, 0.1) is 12.2 Å². The van der Waals surface area contributed by atoms with Crippen molar-refractivity contribution in [2.75, 3.05) is 39.1 Å². The van der Waals surface area contributed by atoms with Gasteiger partial charge in [-0.15, -0.1) is 0 Å². The number of hydrogen-bond acceptors (Lipinski definition) is 3. The predicted molar refractivity (Wildman–Crippen MR) is 134 cm³/mol. The number of hydrogen-bond donors (Lipinski definition) is 3. The van der Waals surface area contributed by atoms with Crippen molar-refractivity contribution in [1.82, 2.24) is 9.88 Å². The maximum atomic E-state index is 7.57. The summed E-state index contributed by atoms with van der Waals surface area (Å²) in [7, 11) is 4.16. The molecule has 3 rings (SSSR count). The molecule has 0 amide bonds. The Bertz CT molecular complexity index is 896. The number of amidine groups is 1. The minimum absolute atomic E-state index is 0.250. The fraction of sp³-hybridized carbons (Fsp3) is 0.375. The molecule has 1 aliphatic heterocycles. The Morgan fingerprint density at radius 2 is 2.00 bits per heavy atom. The highest BCUT2D eigenvalue weighted by atomic mass is 79.9. The standard InChI is InChI=1S/C22H27BrN4.C2H6O/c1-4-17(23)10-11-18-15-16-9-12-21(24-13-14-27(2)3)26-20-8-6-5-7-19(20)22(16)25-18;1-2-3/h4-8,10-11,15,25H,9,12-14H2,1-3H3,(H,24,26);3H,2H2,1H3/b11-10-,17-4+;. The Morgan fingerprint density at radius 1 is 1.27 bits per heavy atom. The summed E-state index contributed by atoms with van der Waals surface area (Å²) in [5, 5.41) is 11.1. The van der Waals surface area contributed by atoms with E-state index in [-0.39, 0.29) is 6.61 Å². The van der Waals surface area contributed by atoms with Gasteiger partial charge >= 0.3 is 0 Å². The van der Waals surface area contributed by atoms with E-state index in [1.54, 1.807) is 6.92 Å². The number of fused-ring (bicyclic) bond motifs is 3. The van der Waals surface area contributed by atoms with Gasteiger partial charge < -0.3 is 20.3 Å². The van der Waals surface area contributed by atoms with Crippen LogP contribution < -0.4 is 5.32 Å². The molecule has 0 radical (unpaired) electrons. The number of H-pyrrole nitrogens is 1. The van der Waals surface area contributed by atoms with Crippen LogP contribution in [0.4, 0.5) is 5.69 Å². The first-order valence-electron chi connectivity index (χ1n) is 10.4. The Kier molecular flexibility index (Phi) is 10.1. The van der Waals surface area contributed by atoms with Crippen molar-refractivity contribution in [3.05, 3.63) is 58.2 Å². The lowest BCUT2D eigenvalue weighted by atomic mass is 10.00. The zero-order valence-electron chi connectivity index (χ0n) is 18.4. The van der Waals surface area contributed by atoms with Crippen molar-refractivity contribution in [3.8, 4) is 11.3 Å². The maximum absolute atomic E-state index is 7.57. The van der Waals surface area contributed by atoms with Crippen LogP contribution in [-0.2, 0) is 6.42 Å². The lowest BCUT2D eigenvalue weighted by molar-refractivity contribution is 0.318. The number of aromatic amines is 1. The Labute approximate surface area is 188 Å². The third-order valence-corrected chi connectivity index (χ3v) is 5.30. The zero-order valence-corrected chi connectivity index (χ0v) is 20.0. The molecule has 1 aromatic heterocycles. The molecule has 0 saturated heterocycles. The van der Waals surface area contributed by atoms with Gasteiger partial charge in [-0.25, -0.2) is 0 Å². The van der Waals surface area contributed by atoms with E-state index in [9.17, 15) is 0 Å². The molecule has 30 heavy (non-hydrogen) atoms. The summed E-state index contributed by atoms with van der Waals surface area (Å²) < 4.78 is 1.07. The summed E-state index contributed by atoms with van der Waals surface area (Å²) in [6.07, 6.45) is 8.08. The van der Waals surface area contributed by atoms with Crippen molar-refractivity contribution < 1.29 is 5.11 Å². The number of allylic oxidation sites excluding steroid dienone is 3. The zero-order chi connectivity index (χ0) is 21.9. The molecular formula is C24H33BrN4O. The molecule has 1 aliphatic rings. The van der Waals surface area contributed by atoms with Crippen molar-refractivity contribution in [2.24, 2.45) is 4.99 Å². The summed E-state index contributed by atoms with van der Waals surface area (Å²) in [6.45, 7) is 5.71. The highest BCUT2D eigenvalue weighted by molar-refractivity contribution is 9.11. The number of likely N-dealkylation sites (N-methyl/N-ethyl adjacent to an activating group) is 1. The lowest BCUT2D eigenvalue weighted by Gasteiger charge is -2.18. The predicted octanol–water partition coefficient (Wildman–Crippen LogP) is 5.31. The molecule has 0 atom stereocenters. The second-order valence-electron chi connectivity index (χ2n) is 7.25. The van der Waals surface area contributed by atoms with Crippen LogP contribution in [-0.4, -0.2) is 54.6 Å². The maximum Gasteiger partial charge on any atom is 0.101 e. The fourth-order valence-electron chi connectivity index (χ4n) is 3.10. The number of rotatable bonds is 5. The van der Waals surface area contributed by atoms with Crippen molar-refractivity contribution in [1.29, 1.82) is 0 Å². The number of para-hydroxylation sites is 1. The number of aliphatic hydroxyl groups excluding tert-OH is 1. The first-order valence-corrected chi connectivity index (χ1v) is 11.1. The van der Waals surface area contributed by atoms with Crippen molar-refractivity contribution in [3.63, 3.8) is 0 Å². The van der Waals surface area contributed by atoms with Crippen LogP contribution in [0.1, 0.15) is 31.5 Å². The number of halogens is 1. The van der Waals surface area contributed by atoms with Crippen LogP contribution >= 0.6 is 15.9 Å². The SMILES string of the molecule is C/C=C(Br)\C=C/c1cc2c([nH]1)-c1ccccc1NC(=NCCN(C)C)CC2.CCO. The number of aliphatic hydroxyl groups is 1. The van der Waals surface area contributed by atoms with E-state index in [0.717, 1.165) is 47.6 Å². The first-order chi connectivity index (χ1) is 14.5. The van der Waals surface area contributed by atoms with Gasteiger partial charge in [0.2, 0.25) is 0 Å². The third-order valence-electron chi connectivity index (χ3n) is 4.57. The Balaban J connectivity index is 0.00000101. The highest BCUT2D eigenvalue weighted by Gasteiger charge is 2.17. The highest BCUT2D eigenvalue weighted by Crippen LogP contribution is 2.33. The molecule has 5 nitrogen and oxygen atoms in total. The molecule has 2 aromatic rings. The van der Waals surface area contributed by atoms with Gasteiger partial charge in [-0.1, -0.05) is 40.2 Å². The number of anilines is 1. The quantitative estimate of drug-likeness (QED) is 0.516. The van der Waals surface area contributed by atoms with Crippen LogP contribution in [0, 0.1) is 0 Å². The molecule has 0 spiro atoms. The molecule has 162 valence electrons. The molecule has 0 unspecified atom stereocenters. The summed E-state index contributed by atoms with van der Waals surface area (Å²) in [6, 6.07) is 10.7. The Hall–Kier alpha value is -2.15. The summed E-state index contributed by atoms with van der Waals surface area (Å²) in [5.74, 6) is 1.06. The van der Waals surface area contributed by atoms with E-state index in [0.29, 0.717) is 0 Å². The monoisotopic (exact) mass is 472 g/mol. The molecule has 6 heteroatoms. The third kappa shape index (κ3) is 7.27. The van der Waals surface area contributed by atoms with Crippen molar-refractivity contribution >= 4 is 33.5 Å². The van der Waals surface area contributed by atoms with E-state index in [4.69, 9.17) is 10.1 Å². The molecule has 0 fully saturated rings. The number of aryl methyl sites for hydroxylation is 1. The molecule has 1 aromatic carbocycles. The molecule has 2 heterocycles. The smallest absolute Gasteiger partial charge is 0.101 e. The van der Waals surface area contributed by atoms with Gasteiger partial charge in [-0.05, 0) is 64.2 Å². The van der Waals surface area contributed by atoms with Gasteiger partial charge in [0.1, 0.15) is 5.84 Å². The van der Waals surface area contributed by atoms with Crippen molar-refractivity contribution in [2.45, 2.75) is 26.7 Å². The number of nitrogens with zero attached hydrogens (tertiary/aromatic N) is 2. The van der Waals surface area contributed by atoms with Gasteiger partial charge in [0.25, 0.3) is 0 Å². The molecule has 0 saturated carbocycles. The van der Waals surface area contributed by atoms with E-state index in [1.165, 1.54) is 16.8 Å². The summed E-state index contributed by atoms with van der Waals surface area (Å²) in [5.41, 5.74) is 5.94. The van der Waals surface area contributed by atoms with E-state index < -0.39 is 0 Å². The minimum atomic E-state index is 0.250. The fourth-order valence-corrected chi connectivity index (χ4v) is 3.23. The number of aromatic nitrogens is 1. The molecule has 0 aliphatic carbocycles. The summed E-state index contributed by atoms with van der Waals surface area (Å²) >= 11 is 3.53. The van der Waals surface area contributed by atoms with Crippen LogP contribution in [0.3, 0.4) is 0 Å². The van der Waals surface area contributed by atoms with Crippen LogP contribution in [0.25, 0.3) is 17.3 Å².